The summed E-state index contributed by atoms with van der Waals surface area (Å²) in [5.74, 6) is 1.24. The zero-order valence-electron chi connectivity index (χ0n) is 15.8. The first-order chi connectivity index (χ1) is 10.3. The monoisotopic (exact) mass is 318 g/mol. The molecule has 3 unspecified atom stereocenters. The van der Waals surface area contributed by atoms with Crippen LogP contribution in [0.5, 0.6) is 0 Å². The van der Waals surface area contributed by atoms with E-state index in [1.807, 2.05) is 20.8 Å². The lowest BCUT2D eigenvalue weighted by Gasteiger charge is -2.20. The minimum Gasteiger partial charge on any atom is -0.379 e. The highest BCUT2D eigenvalue weighted by atomic mass is 16.6. The molecule has 0 saturated heterocycles. The van der Waals surface area contributed by atoms with Gasteiger partial charge in [-0.1, -0.05) is 27.7 Å². The average molecular weight is 318 g/mol. The maximum absolute atomic E-state index is 5.75. The summed E-state index contributed by atoms with van der Waals surface area (Å²) in [6.07, 6.45) is 1.40. The lowest BCUT2D eigenvalue weighted by atomic mass is 10.1. The van der Waals surface area contributed by atoms with Gasteiger partial charge in [-0.3, -0.25) is 0 Å². The van der Waals surface area contributed by atoms with E-state index >= 15 is 0 Å². The molecule has 134 valence electrons. The molecule has 0 aliphatic rings. The van der Waals surface area contributed by atoms with Crippen LogP contribution in [-0.2, 0) is 18.9 Å². The Labute approximate surface area is 137 Å². The van der Waals surface area contributed by atoms with Crippen LogP contribution in [0, 0.1) is 11.8 Å². The summed E-state index contributed by atoms with van der Waals surface area (Å²) in [6, 6.07) is 0. The lowest BCUT2D eigenvalue weighted by molar-refractivity contribution is -0.0823. The van der Waals surface area contributed by atoms with E-state index in [0.717, 1.165) is 19.6 Å². The van der Waals surface area contributed by atoms with E-state index < -0.39 is 0 Å². The summed E-state index contributed by atoms with van der Waals surface area (Å²) in [4.78, 5) is 0. The molecule has 0 spiro atoms. The van der Waals surface area contributed by atoms with Crippen LogP contribution in [0.3, 0.4) is 0 Å². The van der Waals surface area contributed by atoms with Gasteiger partial charge in [0.25, 0.3) is 0 Å². The fraction of sp³-hybridized carbons (Fsp3) is 1.00. The average Bonchev–Trinajstić information content (AvgIpc) is 2.45. The fourth-order valence-electron chi connectivity index (χ4n) is 1.67. The maximum atomic E-state index is 5.75. The quantitative estimate of drug-likeness (QED) is 0.455. The maximum Gasteiger partial charge on any atom is 0.0781 e. The topological polar surface area (TPSA) is 36.9 Å². The van der Waals surface area contributed by atoms with Crippen molar-refractivity contribution < 1.29 is 18.9 Å². The van der Waals surface area contributed by atoms with E-state index in [4.69, 9.17) is 18.9 Å². The molecule has 0 aromatic heterocycles. The van der Waals surface area contributed by atoms with Gasteiger partial charge in [0.2, 0.25) is 0 Å². The van der Waals surface area contributed by atoms with Gasteiger partial charge in [0, 0.05) is 13.2 Å². The molecule has 3 atom stereocenters. The fourth-order valence-corrected chi connectivity index (χ4v) is 1.67. The third-order valence-corrected chi connectivity index (χ3v) is 3.14. The molecular weight excluding hydrogens is 280 g/mol. The van der Waals surface area contributed by atoms with Gasteiger partial charge < -0.3 is 18.9 Å². The minimum absolute atomic E-state index is 0.0724. The molecule has 0 aromatic carbocycles. The Morgan fingerprint density at radius 2 is 1.00 bits per heavy atom. The number of rotatable bonds is 14. The zero-order chi connectivity index (χ0) is 17.0. The van der Waals surface area contributed by atoms with E-state index in [9.17, 15) is 0 Å². The third kappa shape index (κ3) is 14.8. The first kappa shape index (κ1) is 21.8. The smallest absolute Gasteiger partial charge is 0.0781 e. The summed E-state index contributed by atoms with van der Waals surface area (Å²) in [7, 11) is 0. The summed E-state index contributed by atoms with van der Waals surface area (Å²) in [5, 5.41) is 0. The molecule has 0 aromatic rings. The summed E-state index contributed by atoms with van der Waals surface area (Å²) >= 11 is 0. The summed E-state index contributed by atoms with van der Waals surface area (Å²) < 4.78 is 22.8. The molecule has 0 rings (SSSR count). The SMILES string of the molecule is CC(C)CCOCC(C)OCC(C)OCC(C)OCC(C)C. The highest BCUT2D eigenvalue weighted by Gasteiger charge is 2.10. The lowest BCUT2D eigenvalue weighted by Crippen LogP contribution is -2.27. The number of hydrogen-bond donors (Lipinski definition) is 0. The second-order valence-electron chi connectivity index (χ2n) is 7.08. The molecule has 4 heteroatoms. The Balaban J connectivity index is 3.56. The first-order valence-corrected chi connectivity index (χ1v) is 8.73. The number of hydrogen-bond acceptors (Lipinski definition) is 4. The second-order valence-corrected chi connectivity index (χ2v) is 7.08. The Morgan fingerprint density at radius 1 is 0.545 bits per heavy atom. The van der Waals surface area contributed by atoms with Crippen molar-refractivity contribution >= 4 is 0 Å². The normalized spacial score (nSPS) is 16.2. The van der Waals surface area contributed by atoms with Crippen LogP contribution in [0.15, 0.2) is 0 Å². The van der Waals surface area contributed by atoms with Crippen molar-refractivity contribution in [2.24, 2.45) is 11.8 Å². The van der Waals surface area contributed by atoms with Gasteiger partial charge in [-0.05, 0) is 39.0 Å². The molecule has 0 fully saturated rings. The van der Waals surface area contributed by atoms with E-state index in [-0.39, 0.29) is 18.3 Å². The van der Waals surface area contributed by atoms with Gasteiger partial charge in [0.15, 0.2) is 0 Å². The van der Waals surface area contributed by atoms with Crippen molar-refractivity contribution in [2.45, 2.75) is 73.2 Å². The molecule has 0 radical (unpaired) electrons. The van der Waals surface area contributed by atoms with Crippen LogP contribution in [0.1, 0.15) is 54.9 Å². The Morgan fingerprint density at radius 3 is 1.45 bits per heavy atom. The molecule has 0 aliphatic heterocycles. The Kier molecular flexibility index (Phi) is 13.2. The van der Waals surface area contributed by atoms with Crippen molar-refractivity contribution in [1.29, 1.82) is 0 Å². The largest absolute Gasteiger partial charge is 0.379 e. The highest BCUT2D eigenvalue weighted by molar-refractivity contribution is 4.56. The van der Waals surface area contributed by atoms with E-state index in [1.54, 1.807) is 0 Å². The van der Waals surface area contributed by atoms with Gasteiger partial charge in [0.1, 0.15) is 0 Å². The van der Waals surface area contributed by atoms with Crippen LogP contribution < -0.4 is 0 Å². The van der Waals surface area contributed by atoms with Crippen LogP contribution in [0.25, 0.3) is 0 Å². The molecule has 0 saturated carbocycles. The standard InChI is InChI=1S/C18H38O4/c1-14(2)8-9-19-11-16(5)21-13-18(7)22-12-17(6)20-10-15(3)4/h14-18H,8-13H2,1-7H3. The van der Waals surface area contributed by atoms with E-state index in [0.29, 0.717) is 31.7 Å². The molecular formula is C18H38O4. The Bertz CT molecular complexity index is 243. The van der Waals surface area contributed by atoms with Gasteiger partial charge in [-0.25, -0.2) is 0 Å². The minimum atomic E-state index is 0.0724. The van der Waals surface area contributed by atoms with Crippen molar-refractivity contribution in [2.75, 3.05) is 33.0 Å². The van der Waals surface area contributed by atoms with Gasteiger partial charge in [0.05, 0.1) is 38.1 Å². The van der Waals surface area contributed by atoms with Crippen molar-refractivity contribution in [3.63, 3.8) is 0 Å². The molecule has 0 amide bonds. The first-order valence-electron chi connectivity index (χ1n) is 8.73. The van der Waals surface area contributed by atoms with Crippen LogP contribution in [-0.4, -0.2) is 51.3 Å². The zero-order valence-corrected chi connectivity index (χ0v) is 15.8. The van der Waals surface area contributed by atoms with Crippen LogP contribution in [0.2, 0.25) is 0 Å². The van der Waals surface area contributed by atoms with Gasteiger partial charge in [-0.15, -0.1) is 0 Å². The number of ether oxygens (including phenoxy) is 4. The van der Waals surface area contributed by atoms with Crippen LogP contribution >= 0.6 is 0 Å². The van der Waals surface area contributed by atoms with Crippen molar-refractivity contribution in [1.82, 2.24) is 0 Å². The van der Waals surface area contributed by atoms with E-state index in [2.05, 4.69) is 27.7 Å². The summed E-state index contributed by atoms with van der Waals surface area (Å²) in [5.41, 5.74) is 0. The predicted octanol–water partition coefficient (Wildman–Crippen LogP) is 3.92. The van der Waals surface area contributed by atoms with Crippen molar-refractivity contribution in [3.05, 3.63) is 0 Å². The third-order valence-electron chi connectivity index (χ3n) is 3.14. The van der Waals surface area contributed by atoms with E-state index in [1.165, 1.54) is 0 Å². The van der Waals surface area contributed by atoms with Gasteiger partial charge in [-0.2, -0.15) is 0 Å². The Hall–Kier alpha value is -0.160. The predicted molar refractivity (Wildman–Crippen MR) is 91.4 cm³/mol. The van der Waals surface area contributed by atoms with Gasteiger partial charge >= 0.3 is 0 Å². The molecule has 0 aliphatic carbocycles. The molecule has 4 nitrogen and oxygen atoms in total. The molecule has 0 heterocycles. The molecule has 0 N–H and O–H groups in total. The highest BCUT2D eigenvalue weighted by Crippen LogP contribution is 2.03. The van der Waals surface area contributed by atoms with Crippen LogP contribution in [0.4, 0.5) is 0 Å². The van der Waals surface area contributed by atoms with Crippen molar-refractivity contribution in [3.8, 4) is 0 Å². The second kappa shape index (κ2) is 13.3. The molecule has 22 heavy (non-hydrogen) atoms. The molecule has 0 bridgehead atoms. The summed E-state index contributed by atoms with van der Waals surface area (Å²) in [6.45, 7) is 18.2.